The molecule has 0 fully saturated rings. The van der Waals surface area contributed by atoms with E-state index in [1.54, 1.807) is 0 Å². The number of carboxylic acid groups (broad SMARTS) is 1. The number of nitrogens with zero attached hydrogens (tertiary/aromatic N) is 2. The summed E-state index contributed by atoms with van der Waals surface area (Å²) in [6.07, 6.45) is 5.26. The fraction of sp³-hybridized carbons (Fsp3) is 0.667. The Morgan fingerprint density at radius 2 is 2.35 bits per heavy atom. The average molecular weight is 254 g/mol. The highest BCUT2D eigenvalue weighted by atomic mass is 32.2. The van der Waals surface area contributed by atoms with E-state index in [-0.39, 0.29) is 0 Å². The number of amidine groups is 1. The first-order chi connectivity index (χ1) is 8.24. The summed E-state index contributed by atoms with van der Waals surface area (Å²) in [6, 6.07) is 0. The topological polar surface area (TPSA) is 52.9 Å². The number of thioether (sulfide) groups is 1. The van der Waals surface area contributed by atoms with Crippen LogP contribution in [-0.4, -0.2) is 34.2 Å². The molecule has 0 atom stereocenters. The second kappa shape index (κ2) is 5.58. The lowest BCUT2D eigenvalue weighted by molar-refractivity contribution is -0.131. The molecule has 0 aromatic rings. The zero-order valence-electron chi connectivity index (χ0n) is 10.1. The van der Waals surface area contributed by atoms with Gasteiger partial charge in [-0.1, -0.05) is 19.8 Å². The van der Waals surface area contributed by atoms with Crippen molar-refractivity contribution in [3.63, 3.8) is 0 Å². The van der Waals surface area contributed by atoms with Crippen molar-refractivity contribution in [3.05, 3.63) is 10.6 Å². The summed E-state index contributed by atoms with van der Waals surface area (Å²) in [7, 11) is 0. The fourth-order valence-corrected chi connectivity index (χ4v) is 3.22. The average Bonchev–Trinajstić information content (AvgIpc) is 2.69. The molecule has 0 radical (unpaired) electrons. The minimum atomic E-state index is -0.807. The second-order valence-corrected chi connectivity index (χ2v) is 5.29. The molecule has 0 amide bonds. The highest BCUT2D eigenvalue weighted by Gasteiger charge is 2.33. The summed E-state index contributed by atoms with van der Waals surface area (Å²) in [5, 5.41) is 10.1. The lowest BCUT2D eigenvalue weighted by atomic mass is 10.1. The van der Waals surface area contributed by atoms with Gasteiger partial charge in [0.1, 0.15) is 4.91 Å². The van der Waals surface area contributed by atoms with Crippen molar-refractivity contribution in [1.29, 1.82) is 0 Å². The first-order valence-electron chi connectivity index (χ1n) is 6.20. The van der Waals surface area contributed by atoms with E-state index < -0.39 is 5.97 Å². The third-order valence-corrected chi connectivity index (χ3v) is 4.16. The second-order valence-electron chi connectivity index (χ2n) is 4.31. The molecule has 0 saturated heterocycles. The van der Waals surface area contributed by atoms with E-state index in [0.717, 1.165) is 56.1 Å². The van der Waals surface area contributed by atoms with Crippen molar-refractivity contribution < 1.29 is 9.90 Å². The molecule has 2 heterocycles. The molecule has 17 heavy (non-hydrogen) atoms. The predicted molar refractivity (Wildman–Crippen MR) is 70.0 cm³/mol. The van der Waals surface area contributed by atoms with Gasteiger partial charge in [-0.2, -0.15) is 0 Å². The SMILES string of the molecule is CCCCCC1=C(C(=O)O)SC2=NCCCN21. The zero-order chi connectivity index (χ0) is 12.3. The van der Waals surface area contributed by atoms with Crippen LogP contribution in [-0.2, 0) is 4.79 Å². The van der Waals surface area contributed by atoms with Crippen LogP contribution in [0.2, 0.25) is 0 Å². The van der Waals surface area contributed by atoms with Gasteiger partial charge in [0.2, 0.25) is 0 Å². The van der Waals surface area contributed by atoms with E-state index in [0.29, 0.717) is 4.91 Å². The summed E-state index contributed by atoms with van der Waals surface area (Å²) < 4.78 is 0. The maximum Gasteiger partial charge on any atom is 0.344 e. The van der Waals surface area contributed by atoms with E-state index in [1.807, 2.05) is 0 Å². The van der Waals surface area contributed by atoms with E-state index in [4.69, 9.17) is 0 Å². The van der Waals surface area contributed by atoms with Gasteiger partial charge in [-0.3, -0.25) is 4.99 Å². The van der Waals surface area contributed by atoms with Gasteiger partial charge in [-0.15, -0.1) is 0 Å². The molecule has 0 saturated carbocycles. The van der Waals surface area contributed by atoms with E-state index in [2.05, 4.69) is 16.8 Å². The van der Waals surface area contributed by atoms with Gasteiger partial charge >= 0.3 is 5.97 Å². The number of hydrogen-bond acceptors (Lipinski definition) is 4. The maximum absolute atomic E-state index is 11.2. The summed E-state index contributed by atoms with van der Waals surface area (Å²) >= 11 is 1.32. The number of aliphatic imine (C=N–C) groups is 1. The molecule has 2 rings (SSSR count). The van der Waals surface area contributed by atoms with Gasteiger partial charge in [0.25, 0.3) is 0 Å². The third-order valence-electron chi connectivity index (χ3n) is 3.01. The van der Waals surface area contributed by atoms with Crippen LogP contribution in [0.25, 0.3) is 0 Å². The summed E-state index contributed by atoms with van der Waals surface area (Å²) in [4.78, 5) is 18.2. The minimum absolute atomic E-state index is 0.488. The van der Waals surface area contributed by atoms with Crippen molar-refractivity contribution in [1.82, 2.24) is 4.90 Å². The molecule has 0 unspecified atom stereocenters. The molecule has 0 spiro atoms. The van der Waals surface area contributed by atoms with Crippen LogP contribution < -0.4 is 0 Å². The molecule has 1 N–H and O–H groups in total. The van der Waals surface area contributed by atoms with Gasteiger partial charge in [-0.25, -0.2) is 4.79 Å². The number of allylic oxidation sites excluding steroid dienone is 1. The predicted octanol–water partition coefficient (Wildman–Crippen LogP) is 2.67. The highest BCUT2D eigenvalue weighted by Crippen LogP contribution is 2.38. The van der Waals surface area contributed by atoms with Crippen molar-refractivity contribution in [2.75, 3.05) is 13.1 Å². The number of hydrogen-bond donors (Lipinski definition) is 1. The Hall–Kier alpha value is -0.970. The number of carboxylic acids is 1. The first-order valence-corrected chi connectivity index (χ1v) is 7.02. The monoisotopic (exact) mass is 254 g/mol. The standard InChI is InChI=1S/C12H18N2O2S/c1-2-3-4-6-9-10(11(15)16)17-12-13-7-5-8-14(9)12/h2-8H2,1H3,(H,15,16). The van der Waals surface area contributed by atoms with Gasteiger partial charge in [0.05, 0.1) is 0 Å². The number of aliphatic carboxylic acids is 1. The molecular weight excluding hydrogens is 236 g/mol. The Labute approximate surface area is 106 Å². The van der Waals surface area contributed by atoms with Gasteiger partial charge in [0, 0.05) is 18.8 Å². The molecule has 2 aliphatic heterocycles. The Kier molecular flexibility index (Phi) is 4.10. The molecule has 0 bridgehead atoms. The summed E-state index contributed by atoms with van der Waals surface area (Å²) in [5.74, 6) is -0.807. The smallest absolute Gasteiger partial charge is 0.344 e. The third kappa shape index (κ3) is 2.65. The Balaban J connectivity index is 2.15. The fourth-order valence-electron chi connectivity index (χ4n) is 2.15. The van der Waals surface area contributed by atoms with E-state index >= 15 is 0 Å². The first kappa shape index (κ1) is 12.5. The summed E-state index contributed by atoms with van der Waals surface area (Å²) in [6.45, 7) is 3.90. The van der Waals surface area contributed by atoms with Gasteiger partial charge in [0.15, 0.2) is 5.17 Å². The molecule has 0 aromatic carbocycles. The van der Waals surface area contributed by atoms with Crippen molar-refractivity contribution >= 4 is 22.9 Å². The van der Waals surface area contributed by atoms with Crippen molar-refractivity contribution in [2.24, 2.45) is 4.99 Å². The van der Waals surface area contributed by atoms with Crippen LogP contribution >= 0.6 is 11.8 Å². The van der Waals surface area contributed by atoms with Gasteiger partial charge in [-0.05, 0) is 31.0 Å². The molecule has 2 aliphatic rings. The van der Waals surface area contributed by atoms with Crippen LogP contribution in [0.15, 0.2) is 15.6 Å². The van der Waals surface area contributed by atoms with Crippen LogP contribution in [0, 0.1) is 0 Å². The largest absolute Gasteiger partial charge is 0.477 e. The lowest BCUT2D eigenvalue weighted by Gasteiger charge is -2.25. The molecule has 5 heteroatoms. The van der Waals surface area contributed by atoms with Crippen LogP contribution in [0.5, 0.6) is 0 Å². The molecule has 94 valence electrons. The van der Waals surface area contributed by atoms with E-state index in [9.17, 15) is 9.90 Å². The van der Waals surface area contributed by atoms with Crippen LogP contribution in [0.1, 0.15) is 39.0 Å². The Bertz CT molecular complexity index is 377. The highest BCUT2D eigenvalue weighted by molar-refractivity contribution is 8.18. The molecular formula is C12H18N2O2S. The quantitative estimate of drug-likeness (QED) is 0.766. The molecule has 0 aromatic heterocycles. The van der Waals surface area contributed by atoms with Crippen molar-refractivity contribution in [3.8, 4) is 0 Å². The van der Waals surface area contributed by atoms with E-state index in [1.165, 1.54) is 11.8 Å². The van der Waals surface area contributed by atoms with Crippen LogP contribution in [0.3, 0.4) is 0 Å². The molecule has 0 aliphatic carbocycles. The summed E-state index contributed by atoms with van der Waals surface area (Å²) in [5.41, 5.74) is 0.981. The number of fused-ring (bicyclic) bond motifs is 1. The minimum Gasteiger partial charge on any atom is -0.477 e. The molecule has 4 nitrogen and oxygen atoms in total. The lowest BCUT2D eigenvalue weighted by Crippen LogP contribution is -2.29. The zero-order valence-corrected chi connectivity index (χ0v) is 10.9. The van der Waals surface area contributed by atoms with Crippen molar-refractivity contribution in [2.45, 2.75) is 39.0 Å². The van der Waals surface area contributed by atoms with Crippen LogP contribution in [0.4, 0.5) is 0 Å². The van der Waals surface area contributed by atoms with Gasteiger partial charge < -0.3 is 10.0 Å². The maximum atomic E-state index is 11.2. The normalized spacial score (nSPS) is 19.4. The Morgan fingerprint density at radius 3 is 3.06 bits per heavy atom. The number of carbonyl (C=O) groups is 1. The Morgan fingerprint density at radius 1 is 1.53 bits per heavy atom. The number of rotatable bonds is 5. The number of unbranched alkanes of at least 4 members (excludes halogenated alkanes) is 2.